The number of sulfonamides is 1. The first-order valence-electron chi connectivity index (χ1n) is 6.67. The molecular formula is C16H16N2O4S. The summed E-state index contributed by atoms with van der Waals surface area (Å²) in [5, 5.41) is 17.0. The van der Waals surface area contributed by atoms with Gasteiger partial charge in [0.1, 0.15) is 0 Å². The van der Waals surface area contributed by atoms with Crippen LogP contribution in [0.5, 0.6) is 0 Å². The first-order chi connectivity index (χ1) is 10.8. The van der Waals surface area contributed by atoms with E-state index in [9.17, 15) is 13.2 Å². The van der Waals surface area contributed by atoms with Crippen LogP contribution in [0.1, 0.15) is 12.5 Å². The average molecular weight is 332 g/mol. The summed E-state index contributed by atoms with van der Waals surface area (Å²) in [6, 6.07) is 13.2. The molecule has 0 aliphatic carbocycles. The molecular weight excluding hydrogens is 316 g/mol. The first-order valence-corrected chi connectivity index (χ1v) is 8.22. The highest BCUT2D eigenvalue weighted by Gasteiger charge is 2.06. The van der Waals surface area contributed by atoms with Crippen LogP contribution in [0, 0.1) is 0 Å². The van der Waals surface area contributed by atoms with E-state index >= 15 is 0 Å². The summed E-state index contributed by atoms with van der Waals surface area (Å²) >= 11 is 0. The Bertz CT molecular complexity index is 839. The minimum atomic E-state index is -3.70. The highest BCUT2D eigenvalue weighted by atomic mass is 32.2. The monoisotopic (exact) mass is 332 g/mol. The molecule has 0 aromatic heterocycles. The molecule has 0 saturated carbocycles. The van der Waals surface area contributed by atoms with Gasteiger partial charge in [-0.05, 0) is 55.0 Å². The summed E-state index contributed by atoms with van der Waals surface area (Å²) in [4.78, 5) is 10.8. The molecule has 0 aliphatic rings. The van der Waals surface area contributed by atoms with Gasteiger partial charge in [0.25, 0.3) is 0 Å². The van der Waals surface area contributed by atoms with E-state index in [1.165, 1.54) is 19.1 Å². The topological polar surface area (TPSA) is 109 Å². The summed E-state index contributed by atoms with van der Waals surface area (Å²) in [5.74, 6) is -0.956. The molecule has 0 fully saturated rings. The maximum absolute atomic E-state index is 11.2. The SMILES string of the molecule is CC(=Cc1ccc(Nc2ccc(S(N)(=O)=O)cc2)cc1)C(=O)O. The van der Waals surface area contributed by atoms with Crippen molar-refractivity contribution in [2.45, 2.75) is 11.8 Å². The number of rotatable bonds is 5. The molecule has 2 aromatic carbocycles. The van der Waals surface area contributed by atoms with Crippen molar-refractivity contribution in [3.8, 4) is 0 Å². The summed E-state index contributed by atoms with van der Waals surface area (Å²) in [7, 11) is -3.70. The molecule has 0 spiro atoms. The lowest BCUT2D eigenvalue weighted by atomic mass is 10.1. The minimum Gasteiger partial charge on any atom is -0.478 e. The van der Waals surface area contributed by atoms with Crippen LogP contribution in [-0.4, -0.2) is 19.5 Å². The molecule has 4 N–H and O–H groups in total. The van der Waals surface area contributed by atoms with Crippen molar-refractivity contribution in [3.05, 3.63) is 59.7 Å². The van der Waals surface area contributed by atoms with Gasteiger partial charge < -0.3 is 10.4 Å². The highest BCUT2D eigenvalue weighted by molar-refractivity contribution is 7.89. The molecule has 23 heavy (non-hydrogen) atoms. The number of hydrogen-bond acceptors (Lipinski definition) is 4. The molecule has 0 radical (unpaired) electrons. The van der Waals surface area contributed by atoms with Crippen LogP contribution in [0.3, 0.4) is 0 Å². The Morgan fingerprint density at radius 3 is 1.96 bits per heavy atom. The zero-order valence-electron chi connectivity index (χ0n) is 12.4. The zero-order chi connectivity index (χ0) is 17.0. The third-order valence-corrected chi connectivity index (χ3v) is 4.03. The third-order valence-electron chi connectivity index (χ3n) is 3.10. The molecule has 0 atom stereocenters. The molecule has 0 aliphatic heterocycles. The van der Waals surface area contributed by atoms with Gasteiger partial charge in [0.05, 0.1) is 4.90 Å². The Kier molecular flexibility index (Phi) is 4.83. The number of nitrogens with two attached hydrogens (primary N) is 1. The van der Waals surface area contributed by atoms with Crippen molar-refractivity contribution >= 4 is 33.4 Å². The second-order valence-electron chi connectivity index (χ2n) is 4.95. The van der Waals surface area contributed by atoms with E-state index in [1.807, 2.05) is 0 Å². The van der Waals surface area contributed by atoms with Gasteiger partial charge in [0.2, 0.25) is 10.0 Å². The number of aliphatic carboxylic acids is 1. The quantitative estimate of drug-likeness (QED) is 0.729. The largest absolute Gasteiger partial charge is 0.478 e. The van der Waals surface area contributed by atoms with E-state index < -0.39 is 16.0 Å². The van der Waals surface area contributed by atoms with Gasteiger partial charge in [-0.3, -0.25) is 0 Å². The van der Waals surface area contributed by atoms with E-state index in [-0.39, 0.29) is 10.5 Å². The van der Waals surface area contributed by atoms with Gasteiger partial charge >= 0.3 is 5.97 Å². The molecule has 0 bridgehead atoms. The smallest absolute Gasteiger partial charge is 0.331 e. The van der Waals surface area contributed by atoms with Gasteiger partial charge in [-0.2, -0.15) is 0 Å². The molecule has 0 unspecified atom stereocenters. The fourth-order valence-electron chi connectivity index (χ4n) is 1.87. The van der Waals surface area contributed by atoms with E-state index in [0.29, 0.717) is 5.69 Å². The maximum atomic E-state index is 11.2. The number of benzene rings is 2. The first kappa shape index (κ1) is 16.7. The zero-order valence-corrected chi connectivity index (χ0v) is 13.2. The Hall–Kier alpha value is -2.64. The van der Waals surface area contributed by atoms with Crippen LogP contribution in [0.2, 0.25) is 0 Å². The predicted octanol–water partition coefficient (Wildman–Crippen LogP) is 2.57. The van der Waals surface area contributed by atoms with E-state index in [4.69, 9.17) is 10.2 Å². The van der Waals surface area contributed by atoms with Crippen molar-refractivity contribution in [3.63, 3.8) is 0 Å². The van der Waals surface area contributed by atoms with Gasteiger partial charge in [0, 0.05) is 16.9 Å². The number of carbonyl (C=O) groups is 1. The number of anilines is 2. The molecule has 7 heteroatoms. The van der Waals surface area contributed by atoms with Crippen molar-refractivity contribution in [2.75, 3.05) is 5.32 Å². The average Bonchev–Trinajstić information content (AvgIpc) is 2.49. The third kappa shape index (κ3) is 4.67. The minimum absolute atomic E-state index is 0.0488. The second kappa shape index (κ2) is 6.64. The van der Waals surface area contributed by atoms with Crippen molar-refractivity contribution in [1.82, 2.24) is 0 Å². The lowest BCUT2D eigenvalue weighted by Gasteiger charge is -2.07. The fourth-order valence-corrected chi connectivity index (χ4v) is 2.38. The normalized spacial score (nSPS) is 12.0. The number of nitrogens with one attached hydrogen (secondary N) is 1. The Balaban J connectivity index is 2.12. The molecule has 2 aromatic rings. The molecule has 0 saturated heterocycles. The van der Waals surface area contributed by atoms with Gasteiger partial charge in [-0.1, -0.05) is 12.1 Å². The lowest BCUT2D eigenvalue weighted by molar-refractivity contribution is -0.132. The number of carboxylic acid groups (broad SMARTS) is 1. The van der Waals surface area contributed by atoms with Crippen LogP contribution in [0.25, 0.3) is 6.08 Å². The van der Waals surface area contributed by atoms with E-state index in [2.05, 4.69) is 5.32 Å². The molecule has 2 rings (SSSR count). The van der Waals surface area contributed by atoms with Gasteiger partial charge in [-0.15, -0.1) is 0 Å². The maximum Gasteiger partial charge on any atom is 0.331 e. The van der Waals surface area contributed by atoms with Crippen LogP contribution >= 0.6 is 0 Å². The summed E-state index contributed by atoms with van der Waals surface area (Å²) in [5.41, 5.74) is 2.53. The molecule has 0 heterocycles. The molecule has 120 valence electrons. The second-order valence-corrected chi connectivity index (χ2v) is 6.51. The summed E-state index contributed by atoms with van der Waals surface area (Å²) < 4.78 is 22.4. The van der Waals surface area contributed by atoms with Crippen molar-refractivity contribution in [1.29, 1.82) is 0 Å². The Labute approximate surface area is 134 Å². The standard InChI is InChI=1S/C16H16N2O4S/c1-11(16(19)20)10-12-2-4-13(5-3-12)18-14-6-8-15(9-7-14)23(17,21)22/h2-10,18H,1H3,(H,19,20)(H2,17,21,22). The van der Waals surface area contributed by atoms with Crippen LogP contribution in [0.4, 0.5) is 11.4 Å². The Morgan fingerprint density at radius 2 is 1.52 bits per heavy atom. The number of carboxylic acids is 1. The summed E-state index contributed by atoms with van der Waals surface area (Å²) in [6.07, 6.45) is 1.58. The molecule has 6 nitrogen and oxygen atoms in total. The van der Waals surface area contributed by atoms with Crippen LogP contribution in [0.15, 0.2) is 59.0 Å². The fraction of sp³-hybridized carbons (Fsp3) is 0.0625. The van der Waals surface area contributed by atoms with Crippen LogP contribution < -0.4 is 10.5 Å². The van der Waals surface area contributed by atoms with Gasteiger partial charge in [-0.25, -0.2) is 18.4 Å². The predicted molar refractivity (Wildman–Crippen MR) is 88.8 cm³/mol. The van der Waals surface area contributed by atoms with Crippen molar-refractivity contribution in [2.24, 2.45) is 5.14 Å². The highest BCUT2D eigenvalue weighted by Crippen LogP contribution is 2.19. The molecule has 0 amide bonds. The van der Waals surface area contributed by atoms with Gasteiger partial charge in [0.15, 0.2) is 0 Å². The number of primary sulfonamides is 1. The number of hydrogen-bond donors (Lipinski definition) is 3. The summed E-state index contributed by atoms with van der Waals surface area (Å²) in [6.45, 7) is 1.53. The van der Waals surface area contributed by atoms with E-state index in [1.54, 1.807) is 42.5 Å². The van der Waals surface area contributed by atoms with Crippen molar-refractivity contribution < 1.29 is 18.3 Å². The lowest BCUT2D eigenvalue weighted by Crippen LogP contribution is -2.11. The Morgan fingerprint density at radius 1 is 1.04 bits per heavy atom. The van der Waals surface area contributed by atoms with Crippen LogP contribution in [-0.2, 0) is 14.8 Å². The van der Waals surface area contributed by atoms with E-state index in [0.717, 1.165) is 11.3 Å².